The summed E-state index contributed by atoms with van der Waals surface area (Å²) in [5.41, 5.74) is 14.0. The molecule has 11 aromatic rings. The van der Waals surface area contributed by atoms with Crippen LogP contribution in [0.1, 0.15) is 36.4 Å². The van der Waals surface area contributed by atoms with Crippen LogP contribution in [-0.2, 0) is 31.8 Å². The smallest absolute Gasteiger partial charge is 0.252 e. The van der Waals surface area contributed by atoms with E-state index < -0.39 is 16.7 Å². The van der Waals surface area contributed by atoms with Crippen molar-refractivity contribution in [2.45, 2.75) is 43.9 Å². The number of aromatic nitrogens is 15. The van der Waals surface area contributed by atoms with Crippen LogP contribution in [0.5, 0.6) is 0 Å². The number of ketones is 1. The fourth-order valence-electron chi connectivity index (χ4n) is 8.68. The van der Waals surface area contributed by atoms with Gasteiger partial charge in [-0.05, 0) is 56.2 Å². The van der Waals surface area contributed by atoms with E-state index in [0.717, 1.165) is 5.56 Å². The maximum Gasteiger partial charge on any atom is 0.252 e. The van der Waals surface area contributed by atoms with Crippen LogP contribution in [0, 0.1) is 6.92 Å². The van der Waals surface area contributed by atoms with E-state index in [9.17, 15) is 14.7 Å². The summed E-state index contributed by atoms with van der Waals surface area (Å²) in [7, 11) is 0. The quantitative estimate of drug-likeness (QED) is 0.135. The second-order valence-electron chi connectivity index (χ2n) is 17.5. The fraction of sp³-hybridized carbons (Fsp3) is 0.204. The molecule has 1 amide bonds. The number of Topliss-reactive ketones (excluding diaryl/α,β-unsaturated/α-hetero) is 1. The molecular formula is C49H44N18O5. The molecule has 0 bridgehead atoms. The number of fused-ring (bicyclic) bond motifs is 6. The lowest BCUT2D eigenvalue weighted by Crippen LogP contribution is -2.59. The summed E-state index contributed by atoms with van der Waals surface area (Å²) in [5, 5.41) is 32.6. The highest BCUT2D eigenvalue weighted by Gasteiger charge is 2.44. The van der Waals surface area contributed by atoms with Crippen molar-refractivity contribution in [2.75, 3.05) is 31.2 Å². The number of aliphatic hydroxyl groups is 1. The van der Waals surface area contributed by atoms with Gasteiger partial charge in [0.2, 0.25) is 23.5 Å². The normalized spacial score (nSPS) is 14.9. The minimum absolute atomic E-state index is 0.0400. The highest BCUT2D eigenvalue weighted by Crippen LogP contribution is 2.35. The average molecular weight is 965 g/mol. The van der Waals surface area contributed by atoms with Gasteiger partial charge in [0.1, 0.15) is 16.8 Å². The summed E-state index contributed by atoms with van der Waals surface area (Å²) in [5.74, 6) is 0.952. The lowest BCUT2D eigenvalue weighted by Gasteiger charge is -2.37. The van der Waals surface area contributed by atoms with Crippen molar-refractivity contribution >= 4 is 56.9 Å². The molecule has 2 aromatic carbocycles. The Morgan fingerprint density at radius 3 is 1.85 bits per heavy atom. The number of carbonyl (C=O) groups is 2. The largest absolute Gasteiger partial charge is 0.461 e. The third kappa shape index (κ3) is 7.59. The van der Waals surface area contributed by atoms with Crippen LogP contribution < -0.4 is 16.8 Å². The summed E-state index contributed by atoms with van der Waals surface area (Å²) in [6, 6.07) is 27.7. The van der Waals surface area contributed by atoms with E-state index in [-0.39, 0.29) is 49.8 Å². The lowest BCUT2D eigenvalue weighted by molar-refractivity contribution is -0.176. The Labute approximate surface area is 407 Å². The number of hydrogen-bond donors (Lipinski definition) is 4. The van der Waals surface area contributed by atoms with Crippen LogP contribution in [0.3, 0.4) is 0 Å². The number of ether oxygens (including phenoxy) is 1. The number of pyridine rings is 1. The van der Waals surface area contributed by atoms with Crippen molar-refractivity contribution in [2.24, 2.45) is 0 Å². The summed E-state index contributed by atoms with van der Waals surface area (Å²) in [4.78, 5) is 59.0. The number of benzene rings is 2. The molecule has 360 valence electrons. The van der Waals surface area contributed by atoms with Gasteiger partial charge in [-0.1, -0.05) is 66.7 Å². The SMILES string of the molecule is CC(C(=O)Cc1ccccn1)(c1ccccc1)n1ncc2c1nc(N)n1nc(-c3ccco3)nc21.Cc1nccnc1-c1nc2c3cnn(C(C)(C(=O)NCC4(O)COC4)c4ccccc4)c3nc(N)n2n1. The molecule has 23 nitrogen and oxygen atoms in total. The predicted octanol–water partition coefficient (Wildman–Crippen LogP) is 3.75. The third-order valence-electron chi connectivity index (χ3n) is 12.8. The number of amides is 1. The van der Waals surface area contributed by atoms with Crippen LogP contribution in [0.15, 0.2) is 133 Å². The molecule has 0 aliphatic carbocycles. The van der Waals surface area contributed by atoms with Crippen molar-refractivity contribution in [3.63, 3.8) is 0 Å². The molecule has 0 radical (unpaired) electrons. The van der Waals surface area contributed by atoms with Crippen molar-refractivity contribution in [3.05, 3.63) is 151 Å². The Kier molecular flexibility index (Phi) is 11.0. The van der Waals surface area contributed by atoms with Crippen LogP contribution >= 0.6 is 0 Å². The minimum Gasteiger partial charge on any atom is -0.461 e. The zero-order valence-corrected chi connectivity index (χ0v) is 38.9. The summed E-state index contributed by atoms with van der Waals surface area (Å²) in [6.07, 6.45) is 9.73. The first-order chi connectivity index (χ1) is 34.9. The first-order valence-electron chi connectivity index (χ1n) is 22.6. The number of nitrogens with zero attached hydrogens (tertiary/aromatic N) is 15. The molecule has 1 saturated heterocycles. The van der Waals surface area contributed by atoms with Gasteiger partial charge in [0.25, 0.3) is 5.91 Å². The van der Waals surface area contributed by atoms with E-state index in [1.165, 1.54) is 13.7 Å². The Bertz CT molecular complexity index is 3800. The van der Waals surface area contributed by atoms with Crippen molar-refractivity contribution in [3.8, 4) is 23.1 Å². The van der Waals surface area contributed by atoms with E-state index in [1.54, 1.807) is 61.0 Å². The van der Waals surface area contributed by atoms with Crippen molar-refractivity contribution < 1.29 is 23.8 Å². The first kappa shape index (κ1) is 45.1. The Morgan fingerprint density at radius 1 is 0.694 bits per heavy atom. The van der Waals surface area contributed by atoms with Gasteiger partial charge >= 0.3 is 0 Å². The molecule has 10 heterocycles. The van der Waals surface area contributed by atoms with Crippen LogP contribution in [-0.4, -0.2) is 116 Å². The van der Waals surface area contributed by atoms with Crippen molar-refractivity contribution in [1.82, 2.24) is 79.0 Å². The first-order valence-corrected chi connectivity index (χ1v) is 22.6. The van der Waals surface area contributed by atoms with E-state index in [1.807, 2.05) is 92.7 Å². The van der Waals surface area contributed by atoms with Gasteiger partial charge in [-0.2, -0.15) is 29.2 Å². The van der Waals surface area contributed by atoms with Gasteiger partial charge < -0.3 is 31.0 Å². The number of nitrogens with two attached hydrogens (primary N) is 2. The maximum atomic E-state index is 13.9. The molecule has 23 heteroatoms. The molecule has 1 fully saturated rings. The summed E-state index contributed by atoms with van der Waals surface area (Å²) >= 11 is 0. The maximum absolute atomic E-state index is 13.9. The topological polar surface area (TPSA) is 301 Å². The molecule has 0 spiro atoms. The van der Waals surface area contributed by atoms with Gasteiger partial charge in [-0.3, -0.25) is 19.6 Å². The number of carbonyl (C=O) groups excluding carboxylic acids is 2. The zero-order chi connectivity index (χ0) is 49.8. The molecule has 12 rings (SSSR count). The number of nitrogens with one attached hydrogen (secondary N) is 1. The number of hydrogen-bond acceptors (Lipinski definition) is 18. The van der Waals surface area contributed by atoms with Crippen LogP contribution in [0.25, 0.3) is 56.5 Å². The molecular weight excluding hydrogens is 921 g/mol. The predicted molar refractivity (Wildman–Crippen MR) is 261 cm³/mol. The minimum atomic E-state index is -1.33. The number of nitrogen functional groups attached to an aromatic ring is 2. The average Bonchev–Trinajstić information content (AvgIpc) is 4.26. The van der Waals surface area contributed by atoms with Crippen molar-refractivity contribution in [1.29, 1.82) is 0 Å². The highest BCUT2D eigenvalue weighted by molar-refractivity contribution is 5.96. The van der Waals surface area contributed by atoms with Gasteiger partial charge in [-0.25, -0.2) is 24.3 Å². The summed E-state index contributed by atoms with van der Waals surface area (Å²) < 4.78 is 16.5. The Morgan fingerprint density at radius 2 is 1.28 bits per heavy atom. The third-order valence-corrected chi connectivity index (χ3v) is 12.8. The molecule has 2 atom stereocenters. The van der Waals surface area contributed by atoms with E-state index in [0.29, 0.717) is 73.4 Å². The van der Waals surface area contributed by atoms with E-state index in [2.05, 4.69) is 60.6 Å². The highest BCUT2D eigenvalue weighted by atomic mass is 16.5. The van der Waals surface area contributed by atoms with Gasteiger partial charge in [0.05, 0.1) is 61.3 Å². The Balaban J connectivity index is 0.000000156. The van der Waals surface area contributed by atoms with E-state index >= 15 is 0 Å². The zero-order valence-electron chi connectivity index (χ0n) is 38.9. The number of furan rings is 1. The number of rotatable bonds is 12. The Hall–Kier alpha value is -9.35. The number of aryl methyl sites for hydroxylation is 1. The molecule has 9 aromatic heterocycles. The second kappa shape index (κ2) is 17.6. The molecule has 1 aliphatic heterocycles. The van der Waals surface area contributed by atoms with Gasteiger partial charge in [0.15, 0.2) is 39.7 Å². The lowest BCUT2D eigenvalue weighted by atomic mass is 9.85. The second-order valence-corrected chi connectivity index (χ2v) is 17.5. The van der Waals surface area contributed by atoms with Crippen LogP contribution in [0.4, 0.5) is 11.9 Å². The molecule has 2 unspecified atom stereocenters. The van der Waals surface area contributed by atoms with Crippen LogP contribution in [0.2, 0.25) is 0 Å². The van der Waals surface area contributed by atoms with Gasteiger partial charge in [0, 0.05) is 24.3 Å². The standard InChI is InChI=1S/C25H20N8O2.C24H24N10O3/c1-25(16-8-3-2-4-9-16,20(34)14-17-10-5-6-12-27-17)33-23-18(15-28-33)22-29-21(19-11-7-13-35-19)31-32(22)24(26)30-23;1-14-17(27-9-8-26-14)18-30-19-16-10-29-34(20(16)31-22(25)33(19)32-18)23(2,15-6-4-3-5-7-15)21(35)28-11-24(36)12-37-13-24/h2-13,15H,14H2,1H3,(H2,26,30);3-10,36H,11-13H2,1-2H3,(H2,25,31)(H,28,35). The molecule has 0 saturated carbocycles. The van der Waals surface area contributed by atoms with Gasteiger partial charge in [-0.15, -0.1) is 10.2 Å². The molecule has 6 N–H and O–H groups in total. The van der Waals surface area contributed by atoms with E-state index in [4.69, 9.17) is 20.6 Å². The number of anilines is 2. The monoisotopic (exact) mass is 964 g/mol. The molecule has 1 aliphatic rings. The fourth-order valence-corrected chi connectivity index (χ4v) is 8.68. The molecule has 72 heavy (non-hydrogen) atoms. The summed E-state index contributed by atoms with van der Waals surface area (Å²) in [6.45, 7) is 5.76.